The van der Waals surface area contributed by atoms with Gasteiger partial charge in [0.25, 0.3) is 0 Å². The Hall–Kier alpha value is -2.24. The molecule has 128 valence electrons. The lowest BCUT2D eigenvalue weighted by molar-refractivity contribution is -0.118. The van der Waals surface area contributed by atoms with Gasteiger partial charge in [0.15, 0.2) is 11.5 Å². The highest BCUT2D eigenvalue weighted by atomic mass is 16.5. The molecule has 1 amide bonds. The van der Waals surface area contributed by atoms with Gasteiger partial charge < -0.3 is 19.5 Å². The first-order chi connectivity index (χ1) is 11.1. The number of ether oxygens (including phenoxy) is 3. The predicted molar refractivity (Wildman–Crippen MR) is 91.1 cm³/mol. The third-order valence-corrected chi connectivity index (χ3v) is 3.08. The molecule has 0 saturated heterocycles. The molecule has 0 saturated carbocycles. The first-order valence-electron chi connectivity index (χ1n) is 7.75. The molecule has 0 aliphatic carbocycles. The molecule has 6 nitrogen and oxygen atoms in total. The van der Waals surface area contributed by atoms with Crippen LogP contribution in [0.2, 0.25) is 0 Å². The summed E-state index contributed by atoms with van der Waals surface area (Å²) in [6.07, 6.45) is 3.75. The van der Waals surface area contributed by atoms with Gasteiger partial charge in [-0.25, -0.2) is 0 Å². The molecule has 0 aliphatic heterocycles. The van der Waals surface area contributed by atoms with Crippen molar-refractivity contribution in [2.45, 2.75) is 26.7 Å². The van der Waals surface area contributed by atoms with Crippen molar-refractivity contribution in [1.29, 1.82) is 0 Å². The molecule has 0 spiro atoms. The minimum atomic E-state index is -0.0582. The molecule has 1 rings (SSSR count). The fourth-order valence-corrected chi connectivity index (χ4v) is 1.90. The Balaban J connectivity index is 2.81. The van der Waals surface area contributed by atoms with Crippen molar-refractivity contribution < 1.29 is 19.0 Å². The van der Waals surface area contributed by atoms with Crippen molar-refractivity contribution in [1.82, 2.24) is 5.32 Å². The number of methoxy groups -OCH3 is 2. The van der Waals surface area contributed by atoms with Crippen LogP contribution in [0.15, 0.2) is 17.1 Å². The van der Waals surface area contributed by atoms with Crippen molar-refractivity contribution in [2.75, 3.05) is 33.9 Å². The van der Waals surface area contributed by atoms with Gasteiger partial charge in [-0.15, -0.1) is 0 Å². The largest absolute Gasteiger partial charge is 0.493 e. The zero-order valence-electron chi connectivity index (χ0n) is 14.3. The van der Waals surface area contributed by atoms with E-state index >= 15 is 0 Å². The molecule has 0 atom stereocenters. The summed E-state index contributed by atoms with van der Waals surface area (Å²) < 4.78 is 16.6. The highest BCUT2D eigenvalue weighted by molar-refractivity contribution is 5.82. The first kappa shape index (κ1) is 18.8. The van der Waals surface area contributed by atoms with E-state index in [0.29, 0.717) is 36.9 Å². The molecule has 1 aromatic carbocycles. The molecule has 0 unspecified atom stereocenters. The minimum Gasteiger partial charge on any atom is -0.493 e. The normalized spacial score (nSPS) is 10.6. The molecule has 0 heterocycles. The highest BCUT2D eigenvalue weighted by Crippen LogP contribution is 2.38. The van der Waals surface area contributed by atoms with Crippen LogP contribution in [-0.2, 0) is 4.79 Å². The zero-order chi connectivity index (χ0) is 17.1. The SMILES string of the molecule is CCCCOc1c(OC)cc(C=NCCNC(C)=O)cc1OC. The second kappa shape index (κ2) is 10.5. The van der Waals surface area contributed by atoms with E-state index in [1.54, 1.807) is 20.4 Å². The van der Waals surface area contributed by atoms with Crippen LogP contribution in [0.25, 0.3) is 0 Å². The topological polar surface area (TPSA) is 69.2 Å². The maximum absolute atomic E-state index is 10.8. The number of nitrogens with one attached hydrogen (secondary N) is 1. The molecule has 6 heteroatoms. The number of unbranched alkanes of at least 4 members (excludes halogenated alkanes) is 1. The molecular weight excluding hydrogens is 296 g/mol. The van der Waals surface area contributed by atoms with Crippen molar-refractivity contribution >= 4 is 12.1 Å². The van der Waals surface area contributed by atoms with Crippen LogP contribution in [0.5, 0.6) is 17.2 Å². The summed E-state index contributed by atoms with van der Waals surface area (Å²) >= 11 is 0. The maximum Gasteiger partial charge on any atom is 0.216 e. The van der Waals surface area contributed by atoms with Crippen LogP contribution in [0, 0.1) is 0 Å². The monoisotopic (exact) mass is 322 g/mol. The van der Waals surface area contributed by atoms with E-state index in [4.69, 9.17) is 14.2 Å². The second-order valence-corrected chi connectivity index (χ2v) is 4.97. The van der Waals surface area contributed by atoms with Gasteiger partial charge in [-0.1, -0.05) is 13.3 Å². The smallest absolute Gasteiger partial charge is 0.216 e. The zero-order valence-corrected chi connectivity index (χ0v) is 14.3. The molecule has 0 fully saturated rings. The molecule has 0 bridgehead atoms. The number of rotatable bonds is 10. The highest BCUT2D eigenvalue weighted by Gasteiger charge is 2.13. The molecule has 1 aromatic rings. The fourth-order valence-electron chi connectivity index (χ4n) is 1.90. The van der Waals surface area contributed by atoms with Gasteiger partial charge in [0, 0.05) is 19.7 Å². The Morgan fingerprint density at radius 2 is 1.91 bits per heavy atom. The number of carbonyl (C=O) groups is 1. The summed E-state index contributed by atoms with van der Waals surface area (Å²) in [7, 11) is 3.19. The molecule has 23 heavy (non-hydrogen) atoms. The number of hydrogen-bond acceptors (Lipinski definition) is 5. The summed E-state index contributed by atoms with van der Waals surface area (Å²) in [5.74, 6) is 1.78. The number of hydrogen-bond donors (Lipinski definition) is 1. The van der Waals surface area contributed by atoms with Crippen LogP contribution >= 0.6 is 0 Å². The van der Waals surface area contributed by atoms with Gasteiger partial charge in [0.2, 0.25) is 11.7 Å². The Kier molecular flexibility index (Phi) is 8.57. The van der Waals surface area contributed by atoms with Crippen LogP contribution in [-0.4, -0.2) is 46.0 Å². The van der Waals surface area contributed by atoms with E-state index in [1.165, 1.54) is 6.92 Å². The number of amides is 1. The van der Waals surface area contributed by atoms with Gasteiger partial charge in [-0.2, -0.15) is 0 Å². The van der Waals surface area contributed by atoms with Crippen molar-refractivity contribution in [3.8, 4) is 17.2 Å². The summed E-state index contributed by atoms with van der Waals surface area (Å²) in [4.78, 5) is 15.1. The average Bonchev–Trinajstić information content (AvgIpc) is 2.54. The summed E-state index contributed by atoms with van der Waals surface area (Å²) in [5.41, 5.74) is 0.851. The number of carbonyl (C=O) groups excluding carboxylic acids is 1. The molecular formula is C17H26N2O4. The van der Waals surface area contributed by atoms with E-state index in [1.807, 2.05) is 12.1 Å². The van der Waals surface area contributed by atoms with E-state index in [9.17, 15) is 4.79 Å². The van der Waals surface area contributed by atoms with E-state index in [-0.39, 0.29) is 5.91 Å². The molecule has 1 N–H and O–H groups in total. The Morgan fingerprint density at radius 1 is 1.26 bits per heavy atom. The maximum atomic E-state index is 10.8. The lowest BCUT2D eigenvalue weighted by Crippen LogP contribution is -2.22. The van der Waals surface area contributed by atoms with Crippen LogP contribution in [0.4, 0.5) is 0 Å². The van der Waals surface area contributed by atoms with Gasteiger partial charge in [-0.3, -0.25) is 9.79 Å². The third-order valence-electron chi connectivity index (χ3n) is 3.08. The Bertz CT molecular complexity index is 504. The number of nitrogens with zero attached hydrogens (tertiary/aromatic N) is 1. The van der Waals surface area contributed by atoms with Crippen molar-refractivity contribution in [3.05, 3.63) is 17.7 Å². The van der Waals surface area contributed by atoms with Gasteiger partial charge >= 0.3 is 0 Å². The van der Waals surface area contributed by atoms with E-state index in [2.05, 4.69) is 17.2 Å². The van der Waals surface area contributed by atoms with Crippen molar-refractivity contribution in [2.24, 2.45) is 4.99 Å². The first-order valence-corrected chi connectivity index (χ1v) is 7.75. The summed E-state index contributed by atoms with van der Waals surface area (Å²) in [5, 5.41) is 2.69. The fraction of sp³-hybridized carbons (Fsp3) is 0.529. The second-order valence-electron chi connectivity index (χ2n) is 4.97. The van der Waals surface area contributed by atoms with Crippen LogP contribution in [0.3, 0.4) is 0 Å². The van der Waals surface area contributed by atoms with Gasteiger partial charge in [-0.05, 0) is 24.1 Å². The van der Waals surface area contributed by atoms with Gasteiger partial charge in [0.05, 0.1) is 27.4 Å². The van der Waals surface area contributed by atoms with Crippen LogP contribution < -0.4 is 19.5 Å². The predicted octanol–water partition coefficient (Wildman–Crippen LogP) is 2.44. The lowest BCUT2D eigenvalue weighted by atomic mass is 10.2. The summed E-state index contributed by atoms with van der Waals surface area (Å²) in [6.45, 7) is 5.24. The van der Waals surface area contributed by atoms with Crippen LogP contribution in [0.1, 0.15) is 32.3 Å². The Morgan fingerprint density at radius 3 is 2.43 bits per heavy atom. The minimum absolute atomic E-state index is 0.0582. The third kappa shape index (κ3) is 6.59. The van der Waals surface area contributed by atoms with Crippen molar-refractivity contribution in [3.63, 3.8) is 0 Å². The quantitative estimate of drug-likeness (QED) is 0.530. The number of aliphatic imine (C=N–C) groups is 1. The summed E-state index contributed by atoms with van der Waals surface area (Å²) in [6, 6.07) is 3.71. The van der Waals surface area contributed by atoms with E-state index in [0.717, 1.165) is 18.4 Å². The molecule has 0 aromatic heterocycles. The van der Waals surface area contributed by atoms with E-state index < -0.39 is 0 Å². The standard InChI is InChI=1S/C17H26N2O4/c1-5-6-9-23-17-15(21-3)10-14(11-16(17)22-4)12-18-7-8-19-13(2)20/h10-12H,5-9H2,1-4H3,(H,19,20). The number of benzene rings is 1. The average molecular weight is 322 g/mol. The van der Waals surface area contributed by atoms with Gasteiger partial charge in [0.1, 0.15) is 0 Å². The lowest BCUT2D eigenvalue weighted by Gasteiger charge is -2.15. The Labute approximate surface area is 137 Å². The molecule has 0 radical (unpaired) electrons. The molecule has 0 aliphatic rings.